The van der Waals surface area contributed by atoms with Crippen molar-refractivity contribution in [1.82, 2.24) is 9.97 Å². The van der Waals surface area contributed by atoms with E-state index in [0.29, 0.717) is 5.16 Å². The Bertz CT molecular complexity index is 239. The maximum Gasteiger partial charge on any atom is 0.172 e. The molecule has 0 saturated heterocycles. The average Bonchev–Trinajstić information content (AvgIpc) is 2.12. The summed E-state index contributed by atoms with van der Waals surface area (Å²) in [4.78, 5) is 6.76. The molecule has 1 heterocycles. The number of imidazole rings is 1. The minimum atomic E-state index is -2.20. The molecule has 0 atom stereocenters. The Kier molecular flexibility index (Phi) is 2.49. The van der Waals surface area contributed by atoms with Crippen LogP contribution in [0.2, 0.25) is 0 Å². The predicted molar refractivity (Wildman–Crippen MR) is 47.1 cm³/mol. The predicted octanol–water partition coefficient (Wildman–Crippen LogP) is 0.644. The zero-order chi connectivity index (χ0) is 7.61. The number of H-pyrrole nitrogens is 1. The minimum absolute atomic E-state index is 0.688. The molecule has 0 aliphatic heterocycles. The first-order chi connectivity index (χ1) is 4.58. The second kappa shape index (κ2) is 3.02. The molecule has 0 bridgehead atoms. The highest BCUT2D eigenvalue weighted by Gasteiger charge is 2.06. The highest BCUT2D eigenvalue weighted by atomic mass is 32.9. The first kappa shape index (κ1) is 8.23. The van der Waals surface area contributed by atoms with Gasteiger partial charge in [0, 0.05) is 12.4 Å². The van der Waals surface area contributed by atoms with E-state index in [1.165, 1.54) is 11.4 Å². The van der Waals surface area contributed by atoms with Crippen molar-refractivity contribution in [3.63, 3.8) is 0 Å². The number of hydrogen-bond donors (Lipinski definition) is 3. The topological polar surface area (TPSA) is 80.7 Å². The molecule has 56 valence electrons. The third-order valence-corrected chi connectivity index (χ3v) is 3.43. The molecule has 0 radical (unpaired) electrons. The fourth-order valence-electron chi connectivity index (χ4n) is 0.436. The minimum Gasteiger partial charge on any atom is -0.339 e. The lowest BCUT2D eigenvalue weighted by Crippen LogP contribution is -1.99. The molecule has 0 unspecified atom stereocenters. The van der Waals surface area contributed by atoms with Gasteiger partial charge < -0.3 is 4.98 Å². The van der Waals surface area contributed by atoms with Gasteiger partial charge in [0.2, 0.25) is 0 Å². The van der Waals surface area contributed by atoms with Crippen molar-refractivity contribution in [2.75, 3.05) is 0 Å². The first-order valence-electron chi connectivity index (χ1n) is 2.44. The van der Waals surface area contributed by atoms with Crippen molar-refractivity contribution in [3.8, 4) is 0 Å². The van der Waals surface area contributed by atoms with Gasteiger partial charge in [-0.2, -0.15) is 0 Å². The summed E-state index contributed by atoms with van der Waals surface area (Å²) in [5.74, 6) is 0. The van der Waals surface area contributed by atoms with E-state index in [-0.39, 0.29) is 0 Å². The van der Waals surface area contributed by atoms with Gasteiger partial charge in [0.15, 0.2) is 5.16 Å². The Labute approximate surface area is 67.6 Å². The molecule has 0 aliphatic carbocycles. The van der Waals surface area contributed by atoms with E-state index in [0.717, 1.165) is 0 Å². The van der Waals surface area contributed by atoms with E-state index in [1.807, 2.05) is 0 Å². The van der Waals surface area contributed by atoms with Gasteiger partial charge in [0.25, 0.3) is 0 Å². The average molecular weight is 194 g/mol. The standard InChI is InChI=1S/C3H7N4PS2/c4-8(5,9)10-3-6-1-2-7-3/h1-2H,(H,6,7)(H4,4,5,9). The molecule has 0 spiro atoms. The molecule has 10 heavy (non-hydrogen) atoms. The molecule has 1 rings (SSSR count). The molecule has 0 saturated carbocycles. The second-order valence-corrected chi connectivity index (χ2v) is 8.36. The van der Waals surface area contributed by atoms with Crippen LogP contribution >= 0.6 is 16.9 Å². The van der Waals surface area contributed by atoms with E-state index in [9.17, 15) is 0 Å². The maximum atomic E-state index is 5.43. The summed E-state index contributed by atoms with van der Waals surface area (Å²) in [6, 6.07) is 0. The Morgan fingerprint density at radius 1 is 1.70 bits per heavy atom. The number of nitrogens with zero attached hydrogens (tertiary/aromatic N) is 1. The van der Waals surface area contributed by atoms with Crippen molar-refractivity contribution in [2.45, 2.75) is 5.16 Å². The monoisotopic (exact) mass is 194 g/mol. The normalized spacial score (nSPS) is 11.8. The third-order valence-electron chi connectivity index (χ3n) is 0.702. The third kappa shape index (κ3) is 2.81. The lowest BCUT2D eigenvalue weighted by atomic mass is 11.0. The molecule has 7 heteroatoms. The van der Waals surface area contributed by atoms with Gasteiger partial charge in [-0.15, -0.1) is 0 Å². The lowest BCUT2D eigenvalue weighted by molar-refractivity contribution is 1.07. The molecule has 1 aromatic heterocycles. The van der Waals surface area contributed by atoms with Crippen LogP contribution in [0, 0.1) is 0 Å². The quantitative estimate of drug-likeness (QED) is 0.602. The molecule has 0 aliphatic rings. The van der Waals surface area contributed by atoms with Crippen LogP contribution in [0.15, 0.2) is 17.6 Å². The van der Waals surface area contributed by atoms with Crippen LogP contribution in [-0.2, 0) is 11.8 Å². The SMILES string of the molecule is NP(N)(=S)Sc1ncc[nH]1. The van der Waals surface area contributed by atoms with Gasteiger partial charge in [0.05, 0.1) is 0 Å². The number of nitrogens with one attached hydrogen (secondary N) is 1. The smallest absolute Gasteiger partial charge is 0.172 e. The summed E-state index contributed by atoms with van der Waals surface area (Å²) in [6.45, 7) is 0. The van der Waals surface area contributed by atoms with Crippen LogP contribution in [0.3, 0.4) is 0 Å². The molecule has 5 N–H and O–H groups in total. The fourth-order valence-corrected chi connectivity index (χ4v) is 2.68. The van der Waals surface area contributed by atoms with Gasteiger partial charge in [0.1, 0.15) is 5.54 Å². The lowest BCUT2D eigenvalue weighted by Gasteiger charge is -2.04. The van der Waals surface area contributed by atoms with Crippen LogP contribution in [0.25, 0.3) is 0 Å². The zero-order valence-electron chi connectivity index (χ0n) is 5.02. The highest BCUT2D eigenvalue weighted by molar-refractivity contribution is 8.69. The van der Waals surface area contributed by atoms with Crippen LogP contribution in [0.1, 0.15) is 0 Å². The Morgan fingerprint density at radius 3 is 2.80 bits per heavy atom. The van der Waals surface area contributed by atoms with E-state index >= 15 is 0 Å². The van der Waals surface area contributed by atoms with Crippen molar-refractivity contribution < 1.29 is 0 Å². The van der Waals surface area contributed by atoms with Gasteiger partial charge in [-0.25, -0.2) is 4.98 Å². The number of aromatic amines is 1. The summed E-state index contributed by atoms with van der Waals surface area (Å²) >= 11 is 6.02. The highest BCUT2D eigenvalue weighted by Crippen LogP contribution is 2.46. The Hall–Kier alpha value is 0.130. The van der Waals surface area contributed by atoms with Crippen molar-refractivity contribution in [3.05, 3.63) is 12.4 Å². The van der Waals surface area contributed by atoms with Crippen LogP contribution < -0.4 is 11.0 Å². The van der Waals surface area contributed by atoms with Crippen LogP contribution in [0.5, 0.6) is 0 Å². The van der Waals surface area contributed by atoms with Gasteiger partial charge >= 0.3 is 0 Å². The molecule has 0 aromatic carbocycles. The zero-order valence-corrected chi connectivity index (χ0v) is 7.55. The van der Waals surface area contributed by atoms with E-state index in [4.69, 9.17) is 22.8 Å². The van der Waals surface area contributed by atoms with Crippen molar-refractivity contribution >= 4 is 28.7 Å². The summed E-state index contributed by atoms with van der Waals surface area (Å²) in [5.41, 5.74) is 8.67. The van der Waals surface area contributed by atoms with Gasteiger partial charge in [-0.1, -0.05) is 11.8 Å². The number of aromatic nitrogens is 2. The van der Waals surface area contributed by atoms with Crippen LogP contribution in [0.4, 0.5) is 0 Å². The number of nitrogens with two attached hydrogens (primary N) is 2. The van der Waals surface area contributed by atoms with Crippen LogP contribution in [-0.4, -0.2) is 9.97 Å². The number of rotatable bonds is 2. The van der Waals surface area contributed by atoms with Gasteiger partial charge in [-0.05, 0) is 11.4 Å². The second-order valence-electron chi connectivity index (χ2n) is 1.63. The summed E-state index contributed by atoms with van der Waals surface area (Å²) in [7, 11) is 0. The molecular weight excluding hydrogens is 187 g/mol. The van der Waals surface area contributed by atoms with Crippen molar-refractivity contribution in [1.29, 1.82) is 0 Å². The Morgan fingerprint density at radius 2 is 2.40 bits per heavy atom. The summed E-state index contributed by atoms with van der Waals surface area (Å²) in [5, 5.41) is 0.688. The molecular formula is C3H7N4PS2. The maximum absolute atomic E-state index is 5.43. The first-order valence-corrected chi connectivity index (χ1v) is 6.80. The molecule has 1 aromatic rings. The van der Waals surface area contributed by atoms with Gasteiger partial charge in [-0.3, -0.25) is 11.0 Å². The summed E-state index contributed by atoms with van der Waals surface area (Å²) in [6.07, 6.45) is 3.33. The van der Waals surface area contributed by atoms with E-state index < -0.39 is 5.54 Å². The largest absolute Gasteiger partial charge is 0.339 e. The van der Waals surface area contributed by atoms with E-state index in [2.05, 4.69) is 9.97 Å². The Balaban J connectivity index is 2.66. The van der Waals surface area contributed by atoms with Crippen molar-refractivity contribution in [2.24, 2.45) is 11.0 Å². The van der Waals surface area contributed by atoms with E-state index in [1.54, 1.807) is 12.4 Å². The fraction of sp³-hybridized carbons (Fsp3) is 0. The molecule has 0 amide bonds. The summed E-state index contributed by atoms with van der Waals surface area (Å²) < 4.78 is 0. The molecule has 0 fully saturated rings. The number of hydrogen-bond acceptors (Lipinski definition) is 3. The molecule has 4 nitrogen and oxygen atoms in total.